The molecule has 0 radical (unpaired) electrons. The Bertz CT molecular complexity index is 834. The van der Waals surface area contributed by atoms with Crippen molar-refractivity contribution in [1.82, 2.24) is 4.90 Å². The molecule has 0 unspecified atom stereocenters. The van der Waals surface area contributed by atoms with Crippen molar-refractivity contribution in [2.75, 3.05) is 18.5 Å². The van der Waals surface area contributed by atoms with Crippen molar-refractivity contribution < 1.29 is 33.0 Å². The summed E-state index contributed by atoms with van der Waals surface area (Å²) in [6.07, 6.45) is 0.579. The van der Waals surface area contributed by atoms with Crippen molar-refractivity contribution in [1.29, 1.82) is 0 Å². The molecule has 1 aromatic rings. The molecule has 0 saturated carbocycles. The van der Waals surface area contributed by atoms with Crippen LogP contribution in [0.3, 0.4) is 0 Å². The first-order chi connectivity index (χ1) is 13.8. The molecule has 0 atom stereocenters. The van der Waals surface area contributed by atoms with Gasteiger partial charge in [-0.3, -0.25) is 4.79 Å². The van der Waals surface area contributed by atoms with Gasteiger partial charge in [-0.15, -0.1) is 0 Å². The van der Waals surface area contributed by atoms with Gasteiger partial charge in [-0.1, -0.05) is 43.2 Å². The molecule has 0 fully saturated rings. The van der Waals surface area contributed by atoms with Crippen LogP contribution < -0.4 is 10.1 Å². The summed E-state index contributed by atoms with van der Waals surface area (Å²) in [7, 11) is 0. The number of carbonyl (C=O) groups excluding carboxylic acids is 2. The van der Waals surface area contributed by atoms with Crippen LogP contribution in [0.25, 0.3) is 0 Å². The number of unbranched alkanes of at least 4 members (excludes halogenated alkanes) is 1. The molecule has 7 nitrogen and oxygen atoms in total. The Hall–Kier alpha value is -2.46. The van der Waals surface area contributed by atoms with Gasteiger partial charge in [-0.2, -0.15) is 8.78 Å². The summed E-state index contributed by atoms with van der Waals surface area (Å²) >= 11 is 11.0. The standard InChI is InChI=1S/C18H19ClF2N2O5S/c1-2-3-9-27-18(26)23-8-7-12(24)13(16(23)25)15(29)22-11-6-4-5-10(19)14(11)28-17(20)21/h4-6,17,24H,2-3,7-9H2,1H3,(H,22,29). The van der Waals surface area contributed by atoms with Crippen molar-refractivity contribution in [3.8, 4) is 5.75 Å². The topological polar surface area (TPSA) is 88.1 Å². The molecule has 0 spiro atoms. The molecular formula is C18H19ClF2N2O5S. The van der Waals surface area contributed by atoms with Crippen molar-refractivity contribution in [2.45, 2.75) is 32.8 Å². The number of ether oxygens (including phenoxy) is 2. The fourth-order valence-corrected chi connectivity index (χ4v) is 3.02. The normalized spacial score (nSPS) is 14.2. The van der Waals surface area contributed by atoms with Crippen LogP contribution in [0.2, 0.25) is 5.02 Å². The van der Waals surface area contributed by atoms with Gasteiger partial charge in [-0.05, 0) is 18.6 Å². The van der Waals surface area contributed by atoms with E-state index in [1.165, 1.54) is 18.2 Å². The molecule has 2 amide bonds. The van der Waals surface area contributed by atoms with Crippen molar-refractivity contribution in [3.05, 3.63) is 34.6 Å². The Kier molecular flexibility index (Phi) is 8.15. The predicted molar refractivity (Wildman–Crippen MR) is 107 cm³/mol. The first-order valence-corrected chi connectivity index (χ1v) is 9.50. The molecule has 0 bridgehead atoms. The van der Waals surface area contributed by atoms with E-state index in [-0.39, 0.29) is 52.4 Å². The van der Waals surface area contributed by atoms with Gasteiger partial charge in [0.2, 0.25) is 0 Å². The number of imide groups is 1. The van der Waals surface area contributed by atoms with E-state index in [9.17, 15) is 23.5 Å². The minimum Gasteiger partial charge on any atom is -0.511 e. The number of para-hydroxylation sites is 1. The SMILES string of the molecule is CCCCOC(=O)N1CCC(O)=C(C(=S)Nc2cccc(Cl)c2OC(F)F)C1=O. The zero-order chi connectivity index (χ0) is 21.6. The summed E-state index contributed by atoms with van der Waals surface area (Å²) in [5.41, 5.74) is -0.361. The molecule has 1 heterocycles. The Morgan fingerprint density at radius 1 is 1.45 bits per heavy atom. The van der Waals surface area contributed by atoms with Gasteiger partial charge in [0.1, 0.15) is 16.3 Å². The third-order valence-electron chi connectivity index (χ3n) is 3.91. The maximum atomic E-state index is 12.7. The molecule has 0 aliphatic carbocycles. The number of nitrogens with zero attached hydrogens (tertiary/aromatic N) is 1. The molecule has 11 heteroatoms. The van der Waals surface area contributed by atoms with Crippen LogP contribution in [0.4, 0.5) is 19.3 Å². The van der Waals surface area contributed by atoms with Crippen LogP contribution in [0.1, 0.15) is 26.2 Å². The van der Waals surface area contributed by atoms with Gasteiger partial charge in [-0.25, -0.2) is 9.69 Å². The van der Waals surface area contributed by atoms with Gasteiger partial charge in [0, 0.05) is 13.0 Å². The third kappa shape index (κ3) is 5.77. The molecule has 1 aliphatic heterocycles. The van der Waals surface area contributed by atoms with E-state index in [1.54, 1.807) is 0 Å². The number of halogens is 3. The Labute approximate surface area is 176 Å². The third-order valence-corrected chi connectivity index (χ3v) is 4.52. The predicted octanol–water partition coefficient (Wildman–Crippen LogP) is 4.66. The molecule has 1 aliphatic rings. The highest BCUT2D eigenvalue weighted by molar-refractivity contribution is 7.81. The lowest BCUT2D eigenvalue weighted by atomic mass is 10.1. The lowest BCUT2D eigenvalue weighted by Crippen LogP contribution is -2.44. The summed E-state index contributed by atoms with van der Waals surface area (Å²) in [6, 6.07) is 4.15. The van der Waals surface area contributed by atoms with Gasteiger partial charge >= 0.3 is 12.7 Å². The minimum atomic E-state index is -3.14. The summed E-state index contributed by atoms with van der Waals surface area (Å²) in [4.78, 5) is 25.4. The smallest absolute Gasteiger partial charge is 0.416 e. The highest BCUT2D eigenvalue weighted by Gasteiger charge is 2.35. The monoisotopic (exact) mass is 448 g/mol. The van der Waals surface area contributed by atoms with E-state index in [0.717, 1.165) is 11.3 Å². The first-order valence-electron chi connectivity index (χ1n) is 8.71. The number of benzene rings is 1. The van der Waals surface area contributed by atoms with Crippen molar-refractivity contribution in [2.24, 2.45) is 0 Å². The average Bonchev–Trinajstić information content (AvgIpc) is 2.64. The number of aliphatic hydroxyl groups excluding tert-OH is 1. The number of alkyl halides is 2. The number of nitrogens with one attached hydrogen (secondary N) is 1. The largest absolute Gasteiger partial charge is 0.511 e. The lowest BCUT2D eigenvalue weighted by molar-refractivity contribution is -0.126. The van der Waals surface area contributed by atoms with Crippen molar-refractivity contribution in [3.63, 3.8) is 0 Å². The number of anilines is 1. The minimum absolute atomic E-state index is 0.0261. The molecule has 2 N–H and O–H groups in total. The second-order valence-corrected chi connectivity index (χ2v) is 6.76. The van der Waals surface area contributed by atoms with Gasteiger partial charge in [0.15, 0.2) is 5.75 Å². The summed E-state index contributed by atoms with van der Waals surface area (Å²) in [5, 5.41) is 12.6. The van der Waals surface area contributed by atoms with E-state index in [4.69, 9.17) is 28.6 Å². The van der Waals surface area contributed by atoms with Crippen LogP contribution in [0.5, 0.6) is 5.75 Å². The van der Waals surface area contributed by atoms with E-state index in [2.05, 4.69) is 10.1 Å². The van der Waals surface area contributed by atoms with E-state index in [1.807, 2.05) is 6.92 Å². The number of hydrogen-bond donors (Lipinski definition) is 2. The molecule has 0 aromatic heterocycles. The summed E-state index contributed by atoms with van der Waals surface area (Å²) < 4.78 is 34.7. The zero-order valence-electron chi connectivity index (χ0n) is 15.4. The van der Waals surface area contributed by atoms with Gasteiger partial charge < -0.3 is 19.9 Å². The number of amides is 2. The van der Waals surface area contributed by atoms with Crippen LogP contribution >= 0.6 is 23.8 Å². The van der Waals surface area contributed by atoms with Crippen LogP contribution in [0.15, 0.2) is 29.5 Å². The Balaban J connectivity index is 2.21. The van der Waals surface area contributed by atoms with Crippen molar-refractivity contribution >= 4 is 46.5 Å². The fourth-order valence-electron chi connectivity index (χ4n) is 2.49. The van der Waals surface area contributed by atoms with E-state index >= 15 is 0 Å². The van der Waals surface area contributed by atoms with E-state index in [0.29, 0.717) is 6.42 Å². The first kappa shape index (κ1) is 22.8. The molecular weight excluding hydrogens is 430 g/mol. The number of aliphatic hydroxyl groups is 1. The number of thiocarbonyl (C=S) groups is 1. The van der Waals surface area contributed by atoms with Gasteiger partial charge in [0.25, 0.3) is 5.91 Å². The number of rotatable bonds is 7. The zero-order valence-corrected chi connectivity index (χ0v) is 17.0. The van der Waals surface area contributed by atoms with Gasteiger partial charge in [0.05, 0.1) is 17.3 Å². The molecule has 29 heavy (non-hydrogen) atoms. The second kappa shape index (κ2) is 10.4. The van der Waals surface area contributed by atoms with Crippen LogP contribution in [0, 0.1) is 0 Å². The maximum Gasteiger partial charge on any atom is 0.416 e. The second-order valence-electron chi connectivity index (χ2n) is 5.95. The molecule has 1 aromatic carbocycles. The quantitative estimate of drug-likeness (QED) is 0.463. The van der Waals surface area contributed by atoms with E-state index < -0.39 is 18.6 Å². The number of hydrogen-bond acceptors (Lipinski definition) is 6. The average molecular weight is 449 g/mol. The lowest BCUT2D eigenvalue weighted by Gasteiger charge is -2.27. The molecule has 0 saturated heterocycles. The highest BCUT2D eigenvalue weighted by Crippen LogP contribution is 2.35. The summed E-state index contributed by atoms with van der Waals surface area (Å²) in [6.45, 7) is -1.13. The highest BCUT2D eigenvalue weighted by atomic mass is 35.5. The fraction of sp³-hybridized carbons (Fsp3) is 0.389. The Morgan fingerprint density at radius 3 is 2.83 bits per heavy atom. The van der Waals surface area contributed by atoms with Crippen LogP contribution in [-0.4, -0.2) is 46.8 Å². The molecule has 158 valence electrons. The van der Waals surface area contributed by atoms with Crippen LogP contribution in [-0.2, 0) is 9.53 Å². The summed E-state index contributed by atoms with van der Waals surface area (Å²) in [5.74, 6) is -1.56. The maximum absolute atomic E-state index is 12.7. The Morgan fingerprint density at radius 2 is 2.17 bits per heavy atom. The molecule has 2 rings (SSSR count). The number of carbonyl (C=O) groups is 2.